The fraction of sp³-hybridized carbons (Fsp3) is 0.242. The van der Waals surface area contributed by atoms with Crippen molar-refractivity contribution < 1.29 is 24.2 Å². The maximum absolute atomic E-state index is 12.5. The number of aliphatic hydroxyl groups excluding tert-OH is 1. The molecule has 4 atom stereocenters. The van der Waals surface area contributed by atoms with Crippen LogP contribution in [-0.4, -0.2) is 33.8 Å². The van der Waals surface area contributed by atoms with Crippen molar-refractivity contribution >= 4 is 35.0 Å². The molecule has 1 aliphatic rings. The summed E-state index contributed by atoms with van der Waals surface area (Å²) in [5.74, 6) is 0.409. The summed E-state index contributed by atoms with van der Waals surface area (Å²) in [6.07, 6.45) is 2.18. The van der Waals surface area contributed by atoms with Crippen LogP contribution in [0.4, 0.5) is 11.4 Å². The van der Waals surface area contributed by atoms with Crippen LogP contribution in [0.1, 0.15) is 53.3 Å². The molecule has 42 heavy (non-hydrogen) atoms. The number of rotatable bonds is 9. The van der Waals surface area contributed by atoms with Crippen LogP contribution >= 0.6 is 11.8 Å². The first-order valence-corrected chi connectivity index (χ1v) is 14.7. The Morgan fingerprint density at radius 1 is 0.881 bits per heavy atom. The van der Waals surface area contributed by atoms with E-state index in [4.69, 9.17) is 9.47 Å². The average molecular weight is 584 g/mol. The molecular weight excluding hydrogens is 550 g/mol. The molecule has 8 nitrogen and oxygen atoms in total. The third-order valence-corrected chi connectivity index (χ3v) is 8.18. The number of pyridine rings is 1. The van der Waals surface area contributed by atoms with Crippen molar-refractivity contribution in [1.82, 2.24) is 4.98 Å². The topological polar surface area (TPSA) is 110 Å². The van der Waals surface area contributed by atoms with E-state index in [2.05, 4.69) is 22.5 Å². The molecule has 0 radical (unpaired) electrons. The van der Waals surface area contributed by atoms with Crippen LogP contribution in [0.3, 0.4) is 0 Å². The van der Waals surface area contributed by atoms with Gasteiger partial charge in [0.1, 0.15) is 0 Å². The van der Waals surface area contributed by atoms with E-state index in [0.717, 1.165) is 27.3 Å². The van der Waals surface area contributed by atoms with E-state index in [1.807, 2.05) is 72.8 Å². The summed E-state index contributed by atoms with van der Waals surface area (Å²) < 4.78 is 13.1. The fourth-order valence-electron chi connectivity index (χ4n) is 4.75. The lowest BCUT2D eigenvalue weighted by molar-refractivity contribution is -0.268. The molecule has 5 rings (SSSR count). The van der Waals surface area contributed by atoms with Crippen LogP contribution in [0.15, 0.2) is 102 Å². The first kappa shape index (κ1) is 29.5. The molecule has 1 saturated heterocycles. The summed E-state index contributed by atoms with van der Waals surface area (Å²) in [6, 6.07) is 26.5. The molecule has 1 aromatic heterocycles. The van der Waals surface area contributed by atoms with Gasteiger partial charge in [-0.05, 0) is 59.7 Å². The van der Waals surface area contributed by atoms with Crippen molar-refractivity contribution in [3.8, 4) is 0 Å². The molecule has 1 aliphatic heterocycles. The summed E-state index contributed by atoms with van der Waals surface area (Å²) in [4.78, 5) is 29.0. The Bertz CT molecular complexity index is 1480. The Hall–Kier alpha value is -4.02. The van der Waals surface area contributed by atoms with E-state index in [1.54, 1.807) is 30.1 Å². The highest BCUT2D eigenvalue weighted by atomic mass is 32.2. The Morgan fingerprint density at radius 3 is 2.19 bits per heavy atom. The van der Waals surface area contributed by atoms with Gasteiger partial charge in [0.25, 0.3) is 5.91 Å². The molecule has 1 fully saturated rings. The number of amides is 2. The molecule has 2 amide bonds. The SMILES string of the molecule is CC(=O)Nc1ccc(SC[C@H]2O[C@@H](c3ccc(NC(=O)c4cccnc4)cc3)O[C@@H](c3ccc(CO)cc3)[C@H]2C)cc1. The molecule has 2 heterocycles. The van der Waals surface area contributed by atoms with Crippen molar-refractivity contribution in [3.63, 3.8) is 0 Å². The summed E-state index contributed by atoms with van der Waals surface area (Å²) >= 11 is 1.69. The predicted molar refractivity (Wildman–Crippen MR) is 163 cm³/mol. The number of carbonyl (C=O) groups excluding carboxylic acids is 2. The van der Waals surface area contributed by atoms with Gasteiger partial charge >= 0.3 is 0 Å². The molecule has 4 aromatic rings. The molecule has 9 heteroatoms. The maximum Gasteiger partial charge on any atom is 0.257 e. The lowest BCUT2D eigenvalue weighted by atomic mass is 9.91. The van der Waals surface area contributed by atoms with Gasteiger partial charge in [-0.3, -0.25) is 14.6 Å². The normalized spacial score (nSPS) is 20.1. The number of carbonyl (C=O) groups is 2. The van der Waals surface area contributed by atoms with Gasteiger partial charge in [-0.15, -0.1) is 11.8 Å². The van der Waals surface area contributed by atoms with Crippen LogP contribution in [-0.2, 0) is 20.9 Å². The van der Waals surface area contributed by atoms with Crippen molar-refractivity contribution in [2.24, 2.45) is 5.92 Å². The minimum atomic E-state index is -0.612. The largest absolute Gasteiger partial charge is 0.392 e. The number of benzene rings is 3. The zero-order chi connectivity index (χ0) is 29.5. The van der Waals surface area contributed by atoms with Crippen LogP contribution in [0.2, 0.25) is 0 Å². The van der Waals surface area contributed by atoms with Gasteiger partial charge in [-0.2, -0.15) is 0 Å². The van der Waals surface area contributed by atoms with Gasteiger partial charge in [0.15, 0.2) is 6.29 Å². The van der Waals surface area contributed by atoms with E-state index in [0.29, 0.717) is 17.0 Å². The second-order valence-corrected chi connectivity index (χ2v) is 11.2. The highest BCUT2D eigenvalue weighted by Gasteiger charge is 2.38. The van der Waals surface area contributed by atoms with Crippen molar-refractivity contribution in [2.45, 2.75) is 43.8 Å². The number of aromatic nitrogens is 1. The van der Waals surface area contributed by atoms with Gasteiger partial charge in [-0.1, -0.05) is 43.3 Å². The molecule has 216 valence electrons. The van der Waals surface area contributed by atoms with E-state index in [-0.39, 0.29) is 36.5 Å². The first-order valence-electron chi connectivity index (χ1n) is 13.7. The molecule has 0 aliphatic carbocycles. The number of hydrogen-bond acceptors (Lipinski definition) is 7. The van der Waals surface area contributed by atoms with Crippen LogP contribution < -0.4 is 10.6 Å². The molecule has 3 aromatic carbocycles. The van der Waals surface area contributed by atoms with Crippen LogP contribution in [0, 0.1) is 5.92 Å². The number of anilines is 2. The number of nitrogens with zero attached hydrogens (tertiary/aromatic N) is 1. The van der Waals surface area contributed by atoms with E-state index in [9.17, 15) is 14.7 Å². The smallest absolute Gasteiger partial charge is 0.257 e. The number of aliphatic hydroxyl groups is 1. The third kappa shape index (κ3) is 7.43. The fourth-order valence-corrected chi connectivity index (χ4v) is 5.82. The minimum absolute atomic E-state index is 0.0171. The van der Waals surface area contributed by atoms with Crippen molar-refractivity contribution in [1.29, 1.82) is 0 Å². The zero-order valence-electron chi connectivity index (χ0n) is 23.4. The summed E-state index contributed by atoms with van der Waals surface area (Å²) in [7, 11) is 0. The molecule has 0 saturated carbocycles. The number of ether oxygens (including phenoxy) is 2. The monoisotopic (exact) mass is 583 g/mol. The quantitative estimate of drug-likeness (QED) is 0.197. The predicted octanol–water partition coefficient (Wildman–Crippen LogP) is 6.37. The molecule has 0 spiro atoms. The number of hydrogen-bond donors (Lipinski definition) is 3. The minimum Gasteiger partial charge on any atom is -0.392 e. The summed E-state index contributed by atoms with van der Waals surface area (Å²) in [6.45, 7) is 3.60. The van der Waals surface area contributed by atoms with Crippen molar-refractivity contribution in [3.05, 3.63) is 120 Å². The van der Waals surface area contributed by atoms with Gasteiger partial charge < -0.3 is 25.2 Å². The Kier molecular flexibility index (Phi) is 9.66. The lowest BCUT2D eigenvalue weighted by Gasteiger charge is -2.41. The van der Waals surface area contributed by atoms with Crippen molar-refractivity contribution in [2.75, 3.05) is 16.4 Å². The summed E-state index contributed by atoms with van der Waals surface area (Å²) in [5.41, 5.74) is 4.59. The van der Waals surface area contributed by atoms with E-state index < -0.39 is 6.29 Å². The third-order valence-electron chi connectivity index (χ3n) is 7.08. The Morgan fingerprint density at radius 2 is 1.55 bits per heavy atom. The van der Waals surface area contributed by atoms with E-state index >= 15 is 0 Å². The molecule has 0 bridgehead atoms. The molecular formula is C33H33N3O5S. The lowest BCUT2D eigenvalue weighted by Crippen LogP contribution is -2.38. The van der Waals surface area contributed by atoms with Crippen LogP contribution in [0.25, 0.3) is 0 Å². The standard InChI is InChI=1S/C33H33N3O5S/c1-21-30(20-42-29-15-13-27(14-16-29)35-22(2)38)40-33(41-31(21)24-7-5-23(19-37)6-8-24)25-9-11-28(12-10-25)36-32(39)26-4-3-17-34-18-26/h3-18,21,30-31,33,37H,19-20H2,1-2H3,(H,35,38)(H,36,39)/t21-,30+,31+,33+/m0/s1. The Balaban J connectivity index is 1.32. The van der Waals surface area contributed by atoms with Crippen LogP contribution in [0.5, 0.6) is 0 Å². The highest BCUT2D eigenvalue weighted by molar-refractivity contribution is 7.99. The number of thioether (sulfide) groups is 1. The number of nitrogens with one attached hydrogen (secondary N) is 2. The maximum atomic E-state index is 12.5. The zero-order valence-corrected chi connectivity index (χ0v) is 24.2. The molecule has 0 unspecified atom stereocenters. The highest BCUT2D eigenvalue weighted by Crippen LogP contribution is 2.43. The molecule has 3 N–H and O–H groups in total. The van der Waals surface area contributed by atoms with Gasteiger partial charge in [-0.25, -0.2) is 0 Å². The second-order valence-electron chi connectivity index (χ2n) is 10.2. The summed E-state index contributed by atoms with van der Waals surface area (Å²) in [5, 5.41) is 15.2. The first-order chi connectivity index (χ1) is 20.4. The second kappa shape index (κ2) is 13.8. The Labute approximate surface area is 249 Å². The van der Waals surface area contributed by atoms with Gasteiger partial charge in [0.2, 0.25) is 5.91 Å². The van der Waals surface area contributed by atoms with E-state index in [1.165, 1.54) is 13.1 Å². The van der Waals surface area contributed by atoms with Gasteiger partial charge in [0, 0.05) is 52.8 Å². The average Bonchev–Trinajstić information content (AvgIpc) is 3.02. The van der Waals surface area contributed by atoms with Gasteiger partial charge in [0.05, 0.1) is 24.4 Å².